The monoisotopic (exact) mass is 497 g/mol. The Kier molecular flexibility index (Phi) is 7.12. The van der Waals surface area contributed by atoms with E-state index in [-0.39, 0.29) is 22.4 Å². The highest BCUT2D eigenvalue weighted by Gasteiger charge is 2.36. The number of carbonyl (C=O) groups excluding carboxylic acids is 3. The van der Waals surface area contributed by atoms with Crippen molar-refractivity contribution in [3.63, 3.8) is 0 Å². The number of fused-ring (bicyclic) bond motifs is 1. The summed E-state index contributed by atoms with van der Waals surface area (Å²) in [6.07, 6.45) is 2.03. The molecule has 4 rings (SSSR count). The smallest absolute Gasteiger partial charge is 0.338 e. The summed E-state index contributed by atoms with van der Waals surface area (Å²) in [5.74, 6) is 1.03. The van der Waals surface area contributed by atoms with Gasteiger partial charge in [0, 0.05) is 0 Å². The molecule has 2 heterocycles. The molecular formula is C27H31NO6S. The predicted molar refractivity (Wildman–Crippen MR) is 135 cm³/mol. The minimum absolute atomic E-state index is 0.238. The Bertz CT molecular complexity index is 1180. The molecule has 7 nitrogen and oxygen atoms in total. The second-order valence-electron chi connectivity index (χ2n) is 9.35. The molecule has 0 aliphatic carbocycles. The first-order valence-electron chi connectivity index (χ1n) is 11.8. The van der Waals surface area contributed by atoms with E-state index in [0.717, 1.165) is 58.2 Å². The van der Waals surface area contributed by atoms with E-state index in [9.17, 15) is 14.4 Å². The number of ether oxygens (including phenoxy) is 3. The number of amides is 2. The normalized spacial score (nSPS) is 21.2. The molecule has 35 heavy (non-hydrogen) atoms. The number of imide groups is 1. The molecule has 2 unspecified atom stereocenters. The Morgan fingerprint density at radius 2 is 1.86 bits per heavy atom. The van der Waals surface area contributed by atoms with E-state index >= 15 is 0 Å². The lowest BCUT2D eigenvalue weighted by atomic mass is 9.85. The van der Waals surface area contributed by atoms with Crippen LogP contribution in [0, 0.1) is 20.8 Å². The molecule has 2 aromatic carbocycles. The van der Waals surface area contributed by atoms with Crippen LogP contribution in [0.5, 0.6) is 11.5 Å². The van der Waals surface area contributed by atoms with Crippen molar-refractivity contribution in [2.45, 2.75) is 64.7 Å². The third-order valence-corrected chi connectivity index (χ3v) is 7.75. The molecule has 2 aromatic rings. The van der Waals surface area contributed by atoms with E-state index in [1.807, 2.05) is 58.9 Å². The van der Waals surface area contributed by atoms with Crippen LogP contribution in [0.3, 0.4) is 0 Å². The van der Waals surface area contributed by atoms with Crippen molar-refractivity contribution in [1.82, 2.24) is 5.32 Å². The molecule has 0 aromatic heterocycles. The first-order valence-corrected chi connectivity index (χ1v) is 12.7. The van der Waals surface area contributed by atoms with Crippen LogP contribution in [0.15, 0.2) is 24.3 Å². The van der Waals surface area contributed by atoms with Crippen LogP contribution in [0.2, 0.25) is 0 Å². The van der Waals surface area contributed by atoms with Gasteiger partial charge in [0.2, 0.25) is 5.91 Å². The molecule has 2 amide bonds. The predicted octanol–water partition coefficient (Wildman–Crippen LogP) is 4.85. The molecule has 2 aliphatic rings. The van der Waals surface area contributed by atoms with Gasteiger partial charge in [0.1, 0.15) is 23.7 Å². The van der Waals surface area contributed by atoms with E-state index in [1.165, 1.54) is 0 Å². The van der Waals surface area contributed by atoms with Crippen molar-refractivity contribution in [3.05, 3.63) is 57.6 Å². The van der Waals surface area contributed by atoms with Gasteiger partial charge in [-0.05, 0) is 93.8 Å². The van der Waals surface area contributed by atoms with Gasteiger partial charge in [-0.2, -0.15) is 0 Å². The fourth-order valence-corrected chi connectivity index (χ4v) is 5.48. The fraction of sp³-hybridized carbons (Fsp3) is 0.444. The quantitative estimate of drug-likeness (QED) is 0.547. The van der Waals surface area contributed by atoms with Gasteiger partial charge in [-0.3, -0.25) is 14.9 Å². The zero-order valence-corrected chi connectivity index (χ0v) is 21.6. The van der Waals surface area contributed by atoms with Crippen molar-refractivity contribution >= 4 is 28.9 Å². The third-order valence-electron chi connectivity index (χ3n) is 6.77. The minimum atomic E-state index is -0.514. The number of nitrogens with one attached hydrogen (secondary N) is 1. The van der Waals surface area contributed by atoms with Crippen LogP contribution in [-0.4, -0.2) is 41.2 Å². The molecule has 2 aliphatic heterocycles. The number of benzene rings is 2. The second kappa shape index (κ2) is 9.93. The number of rotatable bonds is 7. The summed E-state index contributed by atoms with van der Waals surface area (Å²) in [5.41, 5.74) is 4.92. The first kappa shape index (κ1) is 25.1. The van der Waals surface area contributed by atoms with Crippen molar-refractivity contribution in [2.24, 2.45) is 0 Å². The average Bonchev–Trinajstić information content (AvgIpc) is 3.13. The SMILES string of the molecule is CCOC(=O)c1c(C)c(C)c2c(c1C)CCC(C)(COc1ccc(CC3SC(=O)NC3=O)cc1)O2. The van der Waals surface area contributed by atoms with Crippen molar-refractivity contribution in [2.75, 3.05) is 13.2 Å². The number of hydrogen-bond acceptors (Lipinski definition) is 7. The van der Waals surface area contributed by atoms with Crippen molar-refractivity contribution < 1.29 is 28.6 Å². The lowest BCUT2D eigenvalue weighted by Gasteiger charge is -2.38. The largest absolute Gasteiger partial charge is 0.489 e. The van der Waals surface area contributed by atoms with E-state index in [0.29, 0.717) is 30.9 Å². The standard InChI is InChI=1S/C27H31NO6S/c1-6-32-25(30)22-15(2)16(3)23-20(17(22)4)11-12-27(5,34-23)14-33-19-9-7-18(8-10-19)13-21-24(29)28-26(31)35-21/h7-10,21H,6,11-14H2,1-5H3,(H,28,29,31). The highest BCUT2D eigenvalue weighted by atomic mass is 32.2. The molecule has 186 valence electrons. The Morgan fingerprint density at radius 1 is 1.14 bits per heavy atom. The van der Waals surface area contributed by atoms with Gasteiger partial charge >= 0.3 is 5.97 Å². The van der Waals surface area contributed by atoms with E-state index < -0.39 is 5.60 Å². The lowest BCUT2D eigenvalue weighted by molar-refractivity contribution is -0.118. The van der Waals surface area contributed by atoms with Crippen LogP contribution < -0.4 is 14.8 Å². The average molecular weight is 498 g/mol. The molecule has 1 saturated heterocycles. The summed E-state index contributed by atoms with van der Waals surface area (Å²) in [5, 5.41) is 1.64. The van der Waals surface area contributed by atoms with Gasteiger partial charge in [-0.15, -0.1) is 0 Å². The number of thioether (sulfide) groups is 1. The highest BCUT2D eigenvalue weighted by Crippen LogP contribution is 2.41. The van der Waals surface area contributed by atoms with Crippen molar-refractivity contribution in [1.29, 1.82) is 0 Å². The zero-order chi connectivity index (χ0) is 25.3. The van der Waals surface area contributed by atoms with Crippen LogP contribution in [0.4, 0.5) is 4.79 Å². The molecule has 0 saturated carbocycles. The van der Waals surface area contributed by atoms with E-state index in [1.54, 1.807) is 0 Å². The van der Waals surface area contributed by atoms with Gasteiger partial charge in [0.05, 0.1) is 17.4 Å². The van der Waals surface area contributed by atoms with Gasteiger partial charge in [-0.25, -0.2) is 4.79 Å². The topological polar surface area (TPSA) is 90.9 Å². The van der Waals surface area contributed by atoms with Gasteiger partial charge in [0.25, 0.3) is 5.24 Å². The fourth-order valence-electron chi connectivity index (χ4n) is 4.62. The van der Waals surface area contributed by atoms with Crippen LogP contribution >= 0.6 is 11.8 Å². The van der Waals surface area contributed by atoms with Crippen LogP contribution in [0.25, 0.3) is 0 Å². The lowest BCUT2D eigenvalue weighted by Crippen LogP contribution is -2.42. The summed E-state index contributed by atoms with van der Waals surface area (Å²) in [6.45, 7) is 10.5. The summed E-state index contributed by atoms with van der Waals surface area (Å²) in [7, 11) is 0. The van der Waals surface area contributed by atoms with E-state index in [2.05, 4.69) is 5.32 Å². The van der Waals surface area contributed by atoms with Gasteiger partial charge in [-0.1, -0.05) is 23.9 Å². The summed E-state index contributed by atoms with van der Waals surface area (Å²) in [4.78, 5) is 35.7. The molecule has 2 atom stereocenters. The van der Waals surface area contributed by atoms with Gasteiger partial charge < -0.3 is 14.2 Å². The Balaban J connectivity index is 1.43. The number of carbonyl (C=O) groups is 3. The zero-order valence-electron chi connectivity index (χ0n) is 20.8. The number of esters is 1. The highest BCUT2D eigenvalue weighted by molar-refractivity contribution is 8.15. The Labute approximate surface area is 209 Å². The Morgan fingerprint density at radius 3 is 2.49 bits per heavy atom. The van der Waals surface area contributed by atoms with Crippen molar-refractivity contribution in [3.8, 4) is 11.5 Å². The molecule has 1 fully saturated rings. The van der Waals surface area contributed by atoms with E-state index in [4.69, 9.17) is 14.2 Å². The molecule has 0 spiro atoms. The van der Waals surface area contributed by atoms with Crippen LogP contribution in [0.1, 0.15) is 58.4 Å². The molecule has 0 bridgehead atoms. The molecule has 0 radical (unpaired) electrons. The maximum absolute atomic E-state index is 12.5. The summed E-state index contributed by atoms with van der Waals surface area (Å²) < 4.78 is 17.9. The molecular weight excluding hydrogens is 466 g/mol. The summed E-state index contributed by atoms with van der Waals surface area (Å²) >= 11 is 1.03. The molecule has 8 heteroatoms. The maximum atomic E-state index is 12.5. The van der Waals surface area contributed by atoms with Gasteiger partial charge in [0.15, 0.2) is 0 Å². The minimum Gasteiger partial charge on any atom is -0.489 e. The summed E-state index contributed by atoms with van der Waals surface area (Å²) in [6, 6.07) is 7.58. The first-order chi connectivity index (χ1) is 16.6. The molecule has 1 N–H and O–H groups in total. The Hall–Kier alpha value is -3.00. The number of hydrogen-bond donors (Lipinski definition) is 1. The maximum Gasteiger partial charge on any atom is 0.338 e. The third kappa shape index (κ3) is 5.17. The second-order valence-corrected chi connectivity index (χ2v) is 10.5. The van der Waals surface area contributed by atoms with Crippen LogP contribution in [-0.2, 0) is 22.4 Å².